The van der Waals surface area contributed by atoms with Crippen LogP contribution in [0.3, 0.4) is 0 Å². The molecule has 106 valence electrons. The molecule has 0 heterocycles. The van der Waals surface area contributed by atoms with E-state index in [1.807, 2.05) is 25.1 Å². The summed E-state index contributed by atoms with van der Waals surface area (Å²) in [5, 5.41) is 5.73. The summed E-state index contributed by atoms with van der Waals surface area (Å²) in [5.41, 5.74) is 2.37. The van der Waals surface area contributed by atoms with Crippen molar-refractivity contribution in [3.63, 3.8) is 0 Å². The summed E-state index contributed by atoms with van der Waals surface area (Å²) in [6, 6.07) is 5.52. The molecule has 4 heteroatoms. The lowest BCUT2D eigenvalue weighted by molar-refractivity contribution is -0.120. The largest absolute Gasteiger partial charge is 0.326 e. The second kappa shape index (κ2) is 6.37. The number of carbonyl (C=O) groups is 2. The summed E-state index contributed by atoms with van der Waals surface area (Å²) in [7, 11) is 0. The van der Waals surface area contributed by atoms with E-state index < -0.39 is 0 Å². The Balaban J connectivity index is 2.10. The first-order valence-corrected chi connectivity index (χ1v) is 6.91. The van der Waals surface area contributed by atoms with Crippen LogP contribution in [0.25, 0.3) is 0 Å². The van der Waals surface area contributed by atoms with Crippen molar-refractivity contribution in [3.8, 4) is 0 Å². The molecule has 0 saturated heterocycles. The van der Waals surface area contributed by atoms with E-state index in [9.17, 15) is 9.59 Å². The molecule has 1 aromatic rings. The Kier molecular flexibility index (Phi) is 4.56. The predicted molar refractivity (Wildman–Crippen MR) is 80.6 cm³/mol. The maximum Gasteiger partial charge on any atom is 0.227 e. The smallest absolute Gasteiger partial charge is 0.227 e. The van der Waals surface area contributed by atoms with Crippen molar-refractivity contribution in [2.45, 2.75) is 33.1 Å². The van der Waals surface area contributed by atoms with E-state index in [1.54, 1.807) is 0 Å². The van der Waals surface area contributed by atoms with Gasteiger partial charge < -0.3 is 10.6 Å². The predicted octanol–water partition coefficient (Wildman–Crippen LogP) is 3.25. The average Bonchev–Trinajstić information content (AvgIpc) is 2.43. The zero-order valence-corrected chi connectivity index (χ0v) is 11.9. The highest BCUT2D eigenvalue weighted by molar-refractivity contribution is 5.96. The minimum absolute atomic E-state index is 0.0452. The SMILES string of the molecule is CC(=O)Nc1cccc(NC(=O)C2CC=CCC2)c1C. The van der Waals surface area contributed by atoms with Gasteiger partial charge in [-0.25, -0.2) is 0 Å². The summed E-state index contributed by atoms with van der Waals surface area (Å²) in [6.07, 6.45) is 6.84. The molecule has 0 spiro atoms. The molecule has 1 aliphatic rings. The van der Waals surface area contributed by atoms with Gasteiger partial charge in [0.15, 0.2) is 0 Å². The number of amides is 2. The topological polar surface area (TPSA) is 58.2 Å². The van der Waals surface area contributed by atoms with E-state index in [-0.39, 0.29) is 17.7 Å². The lowest BCUT2D eigenvalue weighted by Crippen LogP contribution is -2.24. The van der Waals surface area contributed by atoms with Gasteiger partial charge in [0, 0.05) is 24.2 Å². The molecule has 1 atom stereocenters. The Morgan fingerprint density at radius 2 is 1.85 bits per heavy atom. The first-order valence-electron chi connectivity index (χ1n) is 6.91. The van der Waals surface area contributed by atoms with E-state index in [0.29, 0.717) is 0 Å². The highest BCUT2D eigenvalue weighted by Crippen LogP contribution is 2.25. The number of hydrogen-bond acceptors (Lipinski definition) is 2. The monoisotopic (exact) mass is 272 g/mol. The Morgan fingerprint density at radius 3 is 2.45 bits per heavy atom. The lowest BCUT2D eigenvalue weighted by atomic mass is 9.93. The summed E-state index contributed by atoms with van der Waals surface area (Å²) in [6.45, 7) is 3.36. The molecular weight excluding hydrogens is 252 g/mol. The Hall–Kier alpha value is -2.10. The minimum atomic E-state index is -0.117. The van der Waals surface area contributed by atoms with E-state index in [4.69, 9.17) is 0 Å². The molecular formula is C16H20N2O2. The lowest BCUT2D eigenvalue weighted by Gasteiger charge is -2.19. The van der Waals surface area contributed by atoms with Gasteiger partial charge in [-0.05, 0) is 43.9 Å². The van der Waals surface area contributed by atoms with Crippen LogP contribution in [0.2, 0.25) is 0 Å². The second-order valence-corrected chi connectivity index (χ2v) is 5.13. The second-order valence-electron chi connectivity index (χ2n) is 5.13. The molecule has 0 aliphatic heterocycles. The highest BCUT2D eigenvalue weighted by atomic mass is 16.2. The molecule has 0 aromatic heterocycles. The number of allylic oxidation sites excluding steroid dienone is 2. The van der Waals surface area contributed by atoms with Crippen molar-refractivity contribution in [2.24, 2.45) is 5.92 Å². The van der Waals surface area contributed by atoms with Gasteiger partial charge in [0.05, 0.1) is 0 Å². The summed E-state index contributed by atoms with van der Waals surface area (Å²) < 4.78 is 0. The van der Waals surface area contributed by atoms with Gasteiger partial charge in [-0.1, -0.05) is 18.2 Å². The molecule has 2 amide bonds. The van der Waals surface area contributed by atoms with Crippen molar-refractivity contribution in [3.05, 3.63) is 35.9 Å². The van der Waals surface area contributed by atoms with Crippen molar-refractivity contribution in [1.82, 2.24) is 0 Å². The summed E-state index contributed by atoms with van der Waals surface area (Å²) in [4.78, 5) is 23.4. The van der Waals surface area contributed by atoms with Crippen LogP contribution in [-0.4, -0.2) is 11.8 Å². The van der Waals surface area contributed by atoms with Gasteiger partial charge in [-0.3, -0.25) is 9.59 Å². The molecule has 0 bridgehead atoms. The zero-order chi connectivity index (χ0) is 14.5. The Morgan fingerprint density at radius 1 is 1.15 bits per heavy atom. The van der Waals surface area contributed by atoms with Crippen LogP contribution in [0.5, 0.6) is 0 Å². The fourth-order valence-electron chi connectivity index (χ4n) is 2.36. The molecule has 1 aromatic carbocycles. The average molecular weight is 272 g/mol. The Labute approximate surface area is 119 Å². The maximum atomic E-state index is 12.2. The maximum absolute atomic E-state index is 12.2. The van der Waals surface area contributed by atoms with E-state index in [0.717, 1.165) is 36.2 Å². The fourth-order valence-corrected chi connectivity index (χ4v) is 2.36. The van der Waals surface area contributed by atoms with Gasteiger partial charge in [0.2, 0.25) is 11.8 Å². The quantitative estimate of drug-likeness (QED) is 0.830. The molecule has 20 heavy (non-hydrogen) atoms. The van der Waals surface area contributed by atoms with E-state index >= 15 is 0 Å². The number of rotatable bonds is 3. The third kappa shape index (κ3) is 3.47. The summed E-state index contributed by atoms with van der Waals surface area (Å²) in [5.74, 6) is -0.0183. The van der Waals surface area contributed by atoms with Crippen LogP contribution in [0, 0.1) is 12.8 Å². The van der Waals surface area contributed by atoms with Crippen LogP contribution in [0.15, 0.2) is 30.4 Å². The first kappa shape index (κ1) is 14.3. The van der Waals surface area contributed by atoms with Crippen molar-refractivity contribution in [2.75, 3.05) is 10.6 Å². The van der Waals surface area contributed by atoms with Gasteiger partial charge >= 0.3 is 0 Å². The van der Waals surface area contributed by atoms with Crippen molar-refractivity contribution < 1.29 is 9.59 Å². The fraction of sp³-hybridized carbons (Fsp3) is 0.375. The molecule has 1 aliphatic carbocycles. The third-order valence-corrected chi connectivity index (χ3v) is 3.54. The molecule has 1 unspecified atom stereocenters. The van der Waals surface area contributed by atoms with Crippen molar-refractivity contribution >= 4 is 23.2 Å². The molecule has 2 rings (SSSR count). The van der Waals surface area contributed by atoms with Crippen LogP contribution in [0.4, 0.5) is 11.4 Å². The minimum Gasteiger partial charge on any atom is -0.326 e. The van der Waals surface area contributed by atoms with E-state index in [2.05, 4.69) is 22.8 Å². The standard InChI is InChI=1S/C16H20N2O2/c1-11-14(17-12(2)19)9-6-10-15(11)18-16(20)13-7-4-3-5-8-13/h3-4,6,9-10,13H,5,7-8H2,1-2H3,(H,17,19)(H,18,20). The number of anilines is 2. The van der Waals surface area contributed by atoms with Gasteiger partial charge in [0.25, 0.3) is 0 Å². The molecule has 0 radical (unpaired) electrons. The van der Waals surface area contributed by atoms with Crippen molar-refractivity contribution in [1.29, 1.82) is 0 Å². The number of carbonyl (C=O) groups excluding carboxylic acids is 2. The Bertz CT molecular complexity index is 549. The number of nitrogens with one attached hydrogen (secondary N) is 2. The number of benzene rings is 1. The first-order chi connectivity index (χ1) is 9.58. The highest BCUT2D eigenvalue weighted by Gasteiger charge is 2.19. The van der Waals surface area contributed by atoms with Gasteiger partial charge in [-0.15, -0.1) is 0 Å². The van der Waals surface area contributed by atoms with Crippen LogP contribution in [-0.2, 0) is 9.59 Å². The van der Waals surface area contributed by atoms with Crippen LogP contribution in [0.1, 0.15) is 31.7 Å². The van der Waals surface area contributed by atoms with Crippen LogP contribution < -0.4 is 10.6 Å². The number of hydrogen-bond donors (Lipinski definition) is 2. The zero-order valence-electron chi connectivity index (χ0n) is 11.9. The van der Waals surface area contributed by atoms with Gasteiger partial charge in [-0.2, -0.15) is 0 Å². The van der Waals surface area contributed by atoms with Crippen LogP contribution >= 0.6 is 0 Å². The summed E-state index contributed by atoms with van der Waals surface area (Å²) >= 11 is 0. The molecule has 2 N–H and O–H groups in total. The third-order valence-electron chi connectivity index (χ3n) is 3.54. The molecule has 4 nitrogen and oxygen atoms in total. The van der Waals surface area contributed by atoms with E-state index in [1.165, 1.54) is 6.92 Å². The molecule has 0 fully saturated rings. The van der Waals surface area contributed by atoms with Gasteiger partial charge in [0.1, 0.15) is 0 Å². The molecule has 0 saturated carbocycles. The normalized spacial score (nSPS) is 17.6.